The van der Waals surface area contributed by atoms with Crippen LogP contribution >= 0.6 is 0 Å². The third kappa shape index (κ3) is 3.95. The Kier molecular flexibility index (Phi) is 5.35. The van der Waals surface area contributed by atoms with E-state index in [1.807, 2.05) is 26.8 Å². The van der Waals surface area contributed by atoms with Gasteiger partial charge in [0.25, 0.3) is 0 Å². The van der Waals surface area contributed by atoms with E-state index in [4.69, 9.17) is 5.26 Å². The van der Waals surface area contributed by atoms with E-state index in [0.717, 1.165) is 16.6 Å². The Morgan fingerprint density at radius 1 is 1.10 bits per heavy atom. The lowest BCUT2D eigenvalue weighted by molar-refractivity contribution is 0.131. The van der Waals surface area contributed by atoms with E-state index in [2.05, 4.69) is 36.8 Å². The van der Waals surface area contributed by atoms with Crippen LogP contribution in [0.5, 0.6) is 0 Å². The number of fused-ring (bicyclic) bond motifs is 1. The third-order valence-corrected chi connectivity index (χ3v) is 4.99. The predicted octanol–water partition coefficient (Wildman–Crippen LogP) is 2.71. The minimum Gasteiger partial charge on any atom is -0.391 e. The van der Waals surface area contributed by atoms with Crippen LogP contribution in [-0.2, 0) is 0 Å². The normalized spacial score (nSPS) is 13.3. The summed E-state index contributed by atoms with van der Waals surface area (Å²) in [6.45, 7) is 7.69. The maximum Gasteiger partial charge on any atom is 0.164 e. The van der Waals surface area contributed by atoms with Crippen molar-refractivity contribution in [3.05, 3.63) is 42.5 Å². The van der Waals surface area contributed by atoms with Gasteiger partial charge in [0.05, 0.1) is 30.1 Å². The molecule has 10 nitrogen and oxygen atoms in total. The van der Waals surface area contributed by atoms with Crippen LogP contribution in [0.25, 0.3) is 28.1 Å². The largest absolute Gasteiger partial charge is 0.391 e. The lowest BCUT2D eigenvalue weighted by Gasteiger charge is -2.15. The minimum atomic E-state index is -0.551. The van der Waals surface area contributed by atoms with Crippen molar-refractivity contribution in [3.8, 4) is 23.1 Å². The van der Waals surface area contributed by atoms with Crippen molar-refractivity contribution in [2.24, 2.45) is 0 Å². The van der Waals surface area contributed by atoms with Crippen LogP contribution in [0.4, 0.5) is 5.69 Å². The summed E-state index contributed by atoms with van der Waals surface area (Å²) in [7, 11) is 0. The Morgan fingerprint density at radius 2 is 1.90 bits per heavy atom. The number of anilines is 1. The topological polar surface area (TPSA) is 130 Å². The highest BCUT2D eigenvalue weighted by atomic mass is 16.3. The van der Waals surface area contributed by atoms with Gasteiger partial charge in [-0.2, -0.15) is 15.0 Å². The summed E-state index contributed by atoms with van der Waals surface area (Å²) in [4.78, 5) is 8.94. The Bertz CT molecular complexity index is 1270. The van der Waals surface area contributed by atoms with Gasteiger partial charge in [0, 0.05) is 41.1 Å². The first kappa shape index (κ1) is 20.4. The number of hydrogen-bond donors (Lipinski definition) is 2. The highest BCUT2D eigenvalue weighted by Crippen LogP contribution is 2.29. The van der Waals surface area contributed by atoms with Crippen molar-refractivity contribution in [3.63, 3.8) is 0 Å². The molecule has 10 heteroatoms. The van der Waals surface area contributed by atoms with E-state index >= 15 is 0 Å². The summed E-state index contributed by atoms with van der Waals surface area (Å²) in [5.74, 6) is 0.587. The van der Waals surface area contributed by atoms with Crippen molar-refractivity contribution in [1.82, 2.24) is 34.7 Å². The summed E-state index contributed by atoms with van der Waals surface area (Å²) in [5.41, 5.74) is 3.36. The molecular weight excluding hydrogens is 394 g/mol. The van der Waals surface area contributed by atoms with Crippen LogP contribution in [-0.4, -0.2) is 52.0 Å². The Labute approximate surface area is 179 Å². The molecule has 2 unspecified atom stereocenters. The molecule has 2 atom stereocenters. The molecule has 4 heterocycles. The van der Waals surface area contributed by atoms with Crippen LogP contribution in [0, 0.1) is 11.3 Å². The van der Waals surface area contributed by atoms with Gasteiger partial charge >= 0.3 is 0 Å². The second-order valence-corrected chi connectivity index (χ2v) is 7.76. The molecule has 0 aliphatic heterocycles. The van der Waals surface area contributed by atoms with Crippen molar-refractivity contribution in [1.29, 1.82) is 5.26 Å². The molecule has 0 aliphatic rings. The number of aliphatic hydroxyl groups excluding tert-OH is 1. The summed E-state index contributed by atoms with van der Waals surface area (Å²) in [6.07, 6.45) is 6.15. The van der Waals surface area contributed by atoms with Gasteiger partial charge < -0.3 is 10.4 Å². The molecule has 4 rings (SSSR count). The molecule has 0 bridgehead atoms. The summed E-state index contributed by atoms with van der Waals surface area (Å²) in [6, 6.07) is 5.69. The smallest absolute Gasteiger partial charge is 0.164 e. The molecule has 0 aliphatic carbocycles. The molecule has 2 N–H and O–H groups in total. The maximum absolute atomic E-state index is 9.84. The minimum absolute atomic E-state index is 0.172. The number of pyridine rings is 2. The molecule has 158 valence electrons. The van der Waals surface area contributed by atoms with Crippen molar-refractivity contribution in [2.45, 2.75) is 45.9 Å². The van der Waals surface area contributed by atoms with Crippen molar-refractivity contribution in [2.75, 3.05) is 5.32 Å². The SMILES string of the molecule is CC(C)Nc1cc(-n2ncc3cc(C#N)cnc32)ncc1-c1cn(C(C)C(C)O)nn1. The van der Waals surface area contributed by atoms with Crippen LogP contribution in [0.2, 0.25) is 0 Å². The van der Waals surface area contributed by atoms with Gasteiger partial charge in [-0.05, 0) is 33.8 Å². The molecule has 31 heavy (non-hydrogen) atoms. The molecule has 0 spiro atoms. The Morgan fingerprint density at radius 3 is 2.61 bits per heavy atom. The summed E-state index contributed by atoms with van der Waals surface area (Å²) in [5, 5.41) is 36.0. The molecule has 0 radical (unpaired) electrons. The van der Waals surface area contributed by atoms with Crippen LogP contribution in [0.3, 0.4) is 0 Å². The van der Waals surface area contributed by atoms with Gasteiger partial charge in [-0.1, -0.05) is 5.21 Å². The first-order valence-electron chi connectivity index (χ1n) is 9.98. The third-order valence-electron chi connectivity index (χ3n) is 4.99. The fraction of sp³-hybridized carbons (Fsp3) is 0.333. The van der Waals surface area contributed by atoms with E-state index in [9.17, 15) is 5.11 Å². The van der Waals surface area contributed by atoms with Gasteiger partial charge in [-0.3, -0.25) is 0 Å². The van der Waals surface area contributed by atoms with Gasteiger partial charge in [-0.15, -0.1) is 5.10 Å². The number of aromatic nitrogens is 7. The average molecular weight is 417 g/mol. The van der Waals surface area contributed by atoms with Gasteiger partial charge in [-0.25, -0.2) is 14.6 Å². The number of nitriles is 1. The highest BCUT2D eigenvalue weighted by molar-refractivity contribution is 5.79. The zero-order chi connectivity index (χ0) is 22.1. The molecule has 0 saturated carbocycles. The van der Waals surface area contributed by atoms with Crippen molar-refractivity contribution < 1.29 is 5.11 Å². The molecule has 0 aromatic carbocycles. The van der Waals surface area contributed by atoms with E-state index in [1.165, 1.54) is 6.20 Å². The fourth-order valence-corrected chi connectivity index (χ4v) is 3.16. The molecule has 0 amide bonds. The number of aliphatic hydroxyl groups is 1. The monoisotopic (exact) mass is 417 g/mol. The van der Waals surface area contributed by atoms with Gasteiger partial charge in [0.1, 0.15) is 11.8 Å². The predicted molar refractivity (Wildman–Crippen MR) is 116 cm³/mol. The molecule has 0 fully saturated rings. The van der Waals surface area contributed by atoms with E-state index < -0.39 is 6.10 Å². The molecule has 0 saturated heterocycles. The standard InChI is InChI=1S/C21H23N9O/c1-12(2)26-18-6-20(30-21-16(9-25-30)5-15(7-22)8-24-21)23-10-17(18)19-11-29(28-27-19)13(3)14(4)31/h5-6,8-14,31H,1-4H3,(H,23,26). The molecule has 4 aromatic heterocycles. The van der Waals surface area contributed by atoms with Crippen molar-refractivity contribution >= 4 is 16.7 Å². The van der Waals surface area contributed by atoms with Gasteiger partial charge in [0.2, 0.25) is 0 Å². The first-order chi connectivity index (χ1) is 14.9. The zero-order valence-corrected chi connectivity index (χ0v) is 17.7. The average Bonchev–Trinajstić information content (AvgIpc) is 3.39. The number of hydrogen-bond acceptors (Lipinski definition) is 8. The lowest BCUT2D eigenvalue weighted by atomic mass is 10.1. The van der Waals surface area contributed by atoms with Gasteiger partial charge in [0.15, 0.2) is 11.5 Å². The molecule has 4 aromatic rings. The van der Waals surface area contributed by atoms with Crippen LogP contribution in [0.1, 0.15) is 39.3 Å². The number of nitrogens with one attached hydrogen (secondary N) is 1. The lowest BCUT2D eigenvalue weighted by Crippen LogP contribution is -2.18. The second kappa shape index (κ2) is 8.12. The first-order valence-corrected chi connectivity index (χ1v) is 9.98. The van der Waals surface area contributed by atoms with E-state index in [0.29, 0.717) is 22.7 Å². The van der Waals surface area contributed by atoms with E-state index in [1.54, 1.807) is 40.9 Å². The second-order valence-electron chi connectivity index (χ2n) is 7.76. The Balaban J connectivity index is 1.77. The molecular formula is C21H23N9O. The zero-order valence-electron chi connectivity index (χ0n) is 17.7. The quantitative estimate of drug-likeness (QED) is 0.490. The maximum atomic E-state index is 9.84. The highest BCUT2D eigenvalue weighted by Gasteiger charge is 2.18. The number of rotatable bonds is 6. The van der Waals surface area contributed by atoms with Crippen LogP contribution < -0.4 is 5.32 Å². The Hall–Kier alpha value is -3.84. The number of nitrogens with zero attached hydrogens (tertiary/aromatic N) is 8. The van der Waals surface area contributed by atoms with Crippen LogP contribution in [0.15, 0.2) is 36.9 Å². The van der Waals surface area contributed by atoms with E-state index in [-0.39, 0.29) is 12.1 Å². The fourth-order valence-electron chi connectivity index (χ4n) is 3.16. The summed E-state index contributed by atoms with van der Waals surface area (Å²) >= 11 is 0. The summed E-state index contributed by atoms with van der Waals surface area (Å²) < 4.78 is 3.28.